The van der Waals surface area contributed by atoms with Crippen molar-refractivity contribution in [3.05, 3.63) is 65.7 Å². The van der Waals surface area contributed by atoms with Crippen LogP contribution in [0.2, 0.25) is 0 Å². The number of aromatic nitrogens is 2. The van der Waals surface area contributed by atoms with Crippen molar-refractivity contribution in [2.24, 2.45) is 0 Å². The third-order valence-electron chi connectivity index (χ3n) is 3.53. The molecule has 0 amide bonds. The van der Waals surface area contributed by atoms with E-state index in [1.807, 2.05) is 30.3 Å². The molecular formula is C17H13F4N3. The van der Waals surface area contributed by atoms with Crippen molar-refractivity contribution in [2.75, 3.05) is 11.9 Å². The van der Waals surface area contributed by atoms with Crippen LogP contribution in [0.25, 0.3) is 10.9 Å². The Balaban J connectivity index is 2.13. The molecule has 0 N–H and O–H groups in total. The van der Waals surface area contributed by atoms with E-state index in [4.69, 9.17) is 0 Å². The van der Waals surface area contributed by atoms with Crippen molar-refractivity contribution >= 4 is 16.7 Å². The lowest BCUT2D eigenvalue weighted by atomic mass is 10.2. The Morgan fingerprint density at radius 2 is 1.67 bits per heavy atom. The smallest absolute Gasteiger partial charge is 0.355 e. The number of halogens is 4. The molecule has 24 heavy (non-hydrogen) atoms. The summed E-state index contributed by atoms with van der Waals surface area (Å²) in [5.41, 5.74) is 0.562. The zero-order chi connectivity index (χ0) is 17.3. The molecule has 0 aliphatic rings. The minimum absolute atomic E-state index is 0.0377. The molecule has 0 atom stereocenters. The molecule has 2 aromatic carbocycles. The van der Waals surface area contributed by atoms with Crippen molar-refractivity contribution in [3.63, 3.8) is 0 Å². The van der Waals surface area contributed by atoms with Crippen molar-refractivity contribution in [1.82, 2.24) is 9.97 Å². The van der Waals surface area contributed by atoms with E-state index >= 15 is 0 Å². The predicted octanol–water partition coefficient (Wildman–Crippen LogP) is 4.42. The van der Waals surface area contributed by atoms with Gasteiger partial charge in [-0.05, 0) is 17.7 Å². The topological polar surface area (TPSA) is 29.0 Å². The second-order valence-corrected chi connectivity index (χ2v) is 5.35. The fourth-order valence-corrected chi connectivity index (χ4v) is 2.45. The molecule has 0 saturated carbocycles. The fourth-order valence-electron chi connectivity index (χ4n) is 2.45. The van der Waals surface area contributed by atoms with Crippen molar-refractivity contribution < 1.29 is 17.6 Å². The number of benzene rings is 2. The molecular weight excluding hydrogens is 322 g/mol. The monoisotopic (exact) mass is 335 g/mol. The molecule has 1 aromatic heterocycles. The summed E-state index contributed by atoms with van der Waals surface area (Å²) in [5.74, 6) is -2.12. The van der Waals surface area contributed by atoms with Crippen LogP contribution in [0.3, 0.4) is 0 Å². The van der Waals surface area contributed by atoms with Gasteiger partial charge in [0.15, 0.2) is 0 Å². The van der Waals surface area contributed by atoms with Crippen LogP contribution in [-0.4, -0.2) is 17.0 Å². The van der Waals surface area contributed by atoms with Crippen LogP contribution in [0.15, 0.2) is 48.5 Å². The number of alkyl halides is 3. The van der Waals surface area contributed by atoms with Gasteiger partial charge in [-0.1, -0.05) is 36.4 Å². The van der Waals surface area contributed by atoms with Gasteiger partial charge in [-0.3, -0.25) is 0 Å². The lowest BCUT2D eigenvalue weighted by molar-refractivity contribution is -0.144. The minimum atomic E-state index is -4.75. The number of rotatable bonds is 3. The predicted molar refractivity (Wildman–Crippen MR) is 83.0 cm³/mol. The lowest BCUT2D eigenvalue weighted by Gasteiger charge is -2.21. The highest BCUT2D eigenvalue weighted by molar-refractivity contribution is 5.89. The summed E-state index contributed by atoms with van der Waals surface area (Å²) >= 11 is 0. The average Bonchev–Trinajstić information content (AvgIpc) is 2.54. The van der Waals surface area contributed by atoms with E-state index < -0.39 is 17.8 Å². The second-order valence-electron chi connectivity index (χ2n) is 5.35. The highest BCUT2D eigenvalue weighted by Crippen LogP contribution is 2.32. The van der Waals surface area contributed by atoms with Gasteiger partial charge >= 0.3 is 6.18 Å². The molecule has 0 aliphatic carbocycles. The van der Waals surface area contributed by atoms with Gasteiger partial charge in [0, 0.05) is 19.0 Å². The van der Waals surface area contributed by atoms with Crippen LogP contribution in [0.4, 0.5) is 23.4 Å². The van der Waals surface area contributed by atoms with Gasteiger partial charge in [-0.25, -0.2) is 14.4 Å². The van der Waals surface area contributed by atoms with Crippen LogP contribution in [-0.2, 0) is 12.7 Å². The number of anilines is 1. The maximum Gasteiger partial charge on any atom is 0.451 e. The van der Waals surface area contributed by atoms with E-state index in [2.05, 4.69) is 9.97 Å². The van der Waals surface area contributed by atoms with Gasteiger partial charge in [-0.15, -0.1) is 0 Å². The molecule has 0 saturated heterocycles. The van der Waals surface area contributed by atoms with Gasteiger partial charge in [0.1, 0.15) is 17.2 Å². The van der Waals surface area contributed by atoms with Crippen LogP contribution in [0.1, 0.15) is 11.4 Å². The first-order chi connectivity index (χ1) is 11.4. The molecule has 0 aliphatic heterocycles. The van der Waals surface area contributed by atoms with Gasteiger partial charge in [-0.2, -0.15) is 13.2 Å². The van der Waals surface area contributed by atoms with Gasteiger partial charge in [0.25, 0.3) is 0 Å². The van der Waals surface area contributed by atoms with Gasteiger partial charge < -0.3 is 4.90 Å². The standard InChI is InChI=1S/C17H13F4N3/c1-24(10-11-6-3-2-4-7-11)15-12-8-5-9-13(18)14(12)22-16(23-15)17(19,20)21/h2-9H,10H2,1H3. The first-order valence-corrected chi connectivity index (χ1v) is 7.15. The largest absolute Gasteiger partial charge is 0.451 e. The number of hydrogen-bond acceptors (Lipinski definition) is 3. The highest BCUT2D eigenvalue weighted by atomic mass is 19.4. The molecule has 124 valence electrons. The molecule has 3 nitrogen and oxygen atoms in total. The molecule has 7 heteroatoms. The Kier molecular flexibility index (Phi) is 4.09. The van der Waals surface area contributed by atoms with Crippen LogP contribution < -0.4 is 4.90 Å². The van der Waals surface area contributed by atoms with E-state index in [9.17, 15) is 17.6 Å². The first kappa shape index (κ1) is 16.2. The quantitative estimate of drug-likeness (QED) is 0.663. The van der Waals surface area contributed by atoms with E-state index in [0.29, 0.717) is 6.54 Å². The number of fused-ring (bicyclic) bond motifs is 1. The van der Waals surface area contributed by atoms with E-state index in [1.54, 1.807) is 11.9 Å². The highest BCUT2D eigenvalue weighted by Gasteiger charge is 2.36. The Hall–Kier alpha value is -2.70. The van der Waals surface area contributed by atoms with Gasteiger partial charge in [0.2, 0.25) is 5.82 Å². The molecule has 3 aromatic rings. The normalized spacial score (nSPS) is 11.7. The SMILES string of the molecule is CN(Cc1ccccc1)c1nc(C(F)(F)F)nc2c(F)cccc12. The van der Waals surface area contributed by atoms with E-state index in [1.165, 1.54) is 12.1 Å². The molecule has 0 fully saturated rings. The summed E-state index contributed by atoms with van der Waals surface area (Å²) in [6, 6.07) is 13.2. The molecule has 0 bridgehead atoms. The summed E-state index contributed by atoms with van der Waals surface area (Å²) < 4.78 is 53.1. The van der Waals surface area contributed by atoms with Crippen LogP contribution in [0.5, 0.6) is 0 Å². The molecule has 0 spiro atoms. The molecule has 0 unspecified atom stereocenters. The summed E-state index contributed by atoms with van der Waals surface area (Å²) in [5, 5.41) is 0.237. The number of nitrogens with zero attached hydrogens (tertiary/aromatic N) is 3. The molecule has 3 rings (SSSR count). The third-order valence-corrected chi connectivity index (χ3v) is 3.53. The minimum Gasteiger partial charge on any atom is -0.355 e. The summed E-state index contributed by atoms with van der Waals surface area (Å²) in [7, 11) is 1.61. The fraction of sp³-hybridized carbons (Fsp3) is 0.176. The van der Waals surface area contributed by atoms with E-state index in [0.717, 1.165) is 11.6 Å². The maximum atomic E-state index is 13.9. The Labute approximate surface area is 135 Å². The maximum absolute atomic E-state index is 13.9. The van der Waals surface area contributed by atoms with E-state index in [-0.39, 0.29) is 16.7 Å². The Bertz CT molecular complexity index is 863. The Morgan fingerprint density at radius 1 is 0.958 bits per heavy atom. The lowest BCUT2D eigenvalue weighted by Crippen LogP contribution is -2.21. The number of hydrogen-bond donors (Lipinski definition) is 0. The molecule has 1 heterocycles. The number of para-hydroxylation sites is 1. The van der Waals surface area contributed by atoms with Crippen molar-refractivity contribution in [2.45, 2.75) is 12.7 Å². The molecule has 0 radical (unpaired) electrons. The first-order valence-electron chi connectivity index (χ1n) is 7.15. The van der Waals surface area contributed by atoms with Crippen molar-refractivity contribution in [3.8, 4) is 0 Å². The third kappa shape index (κ3) is 3.15. The average molecular weight is 335 g/mol. The van der Waals surface area contributed by atoms with Crippen LogP contribution in [0, 0.1) is 5.82 Å². The van der Waals surface area contributed by atoms with Gasteiger partial charge in [0.05, 0.1) is 0 Å². The Morgan fingerprint density at radius 3 is 2.33 bits per heavy atom. The summed E-state index contributed by atoms with van der Waals surface area (Å²) in [6.45, 7) is 0.334. The summed E-state index contributed by atoms with van der Waals surface area (Å²) in [4.78, 5) is 8.54. The summed E-state index contributed by atoms with van der Waals surface area (Å²) in [6.07, 6.45) is -4.75. The second kappa shape index (κ2) is 6.07. The zero-order valence-corrected chi connectivity index (χ0v) is 12.7. The van der Waals surface area contributed by atoms with Crippen molar-refractivity contribution in [1.29, 1.82) is 0 Å². The van der Waals surface area contributed by atoms with Crippen LogP contribution >= 0.6 is 0 Å². The zero-order valence-electron chi connectivity index (χ0n) is 12.7.